The van der Waals surface area contributed by atoms with Gasteiger partial charge in [-0.25, -0.2) is 4.98 Å². The summed E-state index contributed by atoms with van der Waals surface area (Å²) >= 11 is 1.81. The van der Waals surface area contributed by atoms with Gasteiger partial charge < -0.3 is 9.31 Å². The molecular weight excluding hydrogens is 281 g/mol. The van der Waals surface area contributed by atoms with Crippen molar-refractivity contribution in [2.24, 2.45) is 0 Å². The number of benzene rings is 1. The van der Waals surface area contributed by atoms with Crippen molar-refractivity contribution in [1.29, 1.82) is 0 Å². The van der Waals surface area contributed by atoms with Crippen molar-refractivity contribution in [1.82, 2.24) is 4.98 Å². The molecule has 3 nitrogen and oxygen atoms in total. The molecule has 0 amide bonds. The molecule has 0 N–H and O–H groups in total. The minimum atomic E-state index is -0.238. The summed E-state index contributed by atoms with van der Waals surface area (Å²) in [5.74, 6) is 0.948. The fourth-order valence-electron chi connectivity index (χ4n) is 2.91. The van der Waals surface area contributed by atoms with Crippen LogP contribution < -0.4 is 0 Å². The van der Waals surface area contributed by atoms with Gasteiger partial charge in [0, 0.05) is 11.7 Å². The van der Waals surface area contributed by atoms with E-state index < -0.39 is 0 Å². The largest absolute Gasteiger partial charge is 0.461 e. The average Bonchev–Trinajstić information content (AvgIpc) is 3.03. The van der Waals surface area contributed by atoms with E-state index >= 15 is 0 Å². The van der Waals surface area contributed by atoms with Crippen molar-refractivity contribution in [2.75, 3.05) is 0 Å². The van der Waals surface area contributed by atoms with Gasteiger partial charge in [0.25, 0.3) is 0 Å². The highest BCUT2D eigenvalue weighted by atomic mass is 32.1. The summed E-state index contributed by atoms with van der Waals surface area (Å²) in [7, 11) is -0.0907. The number of hydrogen-bond acceptors (Lipinski definition) is 4. The molecular formula is C16H20BNO2S. The normalized spacial score (nSPS) is 30.0. The standard InChI is InChI=1S/C16H20BNO2S/c1-15(2)16(3,4)20-17(19-15)11-9-10(11)14-18-12-7-5-6-8-13(12)21-14/h5-8,10-11H,9H2,1-4H3/t10-,11+/m1/s1. The fourth-order valence-corrected chi connectivity index (χ4v) is 4.07. The monoisotopic (exact) mass is 301 g/mol. The van der Waals surface area contributed by atoms with E-state index in [2.05, 4.69) is 45.9 Å². The molecule has 0 radical (unpaired) electrons. The summed E-state index contributed by atoms with van der Waals surface area (Å²) in [5, 5.41) is 1.23. The van der Waals surface area contributed by atoms with Crippen LogP contribution in [0.25, 0.3) is 10.2 Å². The second-order valence-electron chi connectivity index (χ2n) is 7.15. The Balaban J connectivity index is 1.54. The third kappa shape index (κ3) is 2.14. The summed E-state index contributed by atoms with van der Waals surface area (Å²) in [6.45, 7) is 8.45. The molecule has 2 aromatic rings. The van der Waals surface area contributed by atoms with Gasteiger partial charge in [0.2, 0.25) is 0 Å². The van der Waals surface area contributed by atoms with Crippen LogP contribution in [0.15, 0.2) is 24.3 Å². The maximum atomic E-state index is 6.17. The van der Waals surface area contributed by atoms with Gasteiger partial charge in [-0.3, -0.25) is 0 Å². The van der Waals surface area contributed by atoms with Crippen molar-refractivity contribution in [3.63, 3.8) is 0 Å². The van der Waals surface area contributed by atoms with E-state index in [9.17, 15) is 0 Å². The molecule has 5 heteroatoms. The van der Waals surface area contributed by atoms with Gasteiger partial charge in [-0.15, -0.1) is 11.3 Å². The zero-order valence-electron chi connectivity index (χ0n) is 12.9. The number of hydrogen-bond donors (Lipinski definition) is 0. The van der Waals surface area contributed by atoms with E-state index in [0.29, 0.717) is 11.7 Å². The molecule has 0 spiro atoms. The molecule has 2 fully saturated rings. The molecule has 1 aromatic carbocycles. The number of nitrogens with zero attached hydrogens (tertiary/aromatic N) is 1. The van der Waals surface area contributed by atoms with Crippen molar-refractivity contribution in [3.8, 4) is 0 Å². The van der Waals surface area contributed by atoms with Crippen LogP contribution in [0, 0.1) is 0 Å². The fraction of sp³-hybridized carbons (Fsp3) is 0.562. The van der Waals surface area contributed by atoms with Gasteiger partial charge in [-0.1, -0.05) is 12.1 Å². The molecule has 2 heterocycles. The lowest BCUT2D eigenvalue weighted by Crippen LogP contribution is -2.41. The zero-order chi connectivity index (χ0) is 14.8. The topological polar surface area (TPSA) is 31.4 Å². The van der Waals surface area contributed by atoms with Crippen molar-refractivity contribution in [3.05, 3.63) is 29.3 Å². The van der Waals surface area contributed by atoms with Crippen LogP contribution in [0.3, 0.4) is 0 Å². The molecule has 4 rings (SSSR count). The summed E-state index contributed by atoms with van der Waals surface area (Å²) < 4.78 is 13.6. The Morgan fingerprint density at radius 1 is 1.14 bits per heavy atom. The van der Waals surface area contributed by atoms with E-state index in [4.69, 9.17) is 14.3 Å². The molecule has 1 aliphatic carbocycles. The molecule has 0 unspecified atom stereocenters. The van der Waals surface area contributed by atoms with Crippen LogP contribution in [0.2, 0.25) is 5.82 Å². The Bertz CT molecular complexity index is 647. The van der Waals surface area contributed by atoms with Crippen LogP contribution in [-0.2, 0) is 9.31 Å². The lowest BCUT2D eigenvalue weighted by atomic mass is 9.81. The van der Waals surface area contributed by atoms with Crippen molar-refractivity contribution in [2.45, 2.75) is 57.1 Å². The predicted molar refractivity (Wildman–Crippen MR) is 86.8 cm³/mol. The molecule has 1 aromatic heterocycles. The Kier molecular flexibility index (Phi) is 2.82. The third-order valence-corrected chi connectivity index (χ3v) is 6.26. The van der Waals surface area contributed by atoms with Crippen LogP contribution in [0.4, 0.5) is 0 Å². The molecule has 1 aliphatic heterocycles. The Morgan fingerprint density at radius 3 is 2.48 bits per heavy atom. The molecule has 0 bridgehead atoms. The summed E-state index contributed by atoms with van der Waals surface area (Å²) in [6, 6.07) is 8.34. The van der Waals surface area contributed by atoms with Crippen LogP contribution >= 0.6 is 11.3 Å². The minimum absolute atomic E-state index is 0.0907. The molecule has 2 aliphatic rings. The number of aromatic nitrogens is 1. The molecule has 21 heavy (non-hydrogen) atoms. The van der Waals surface area contributed by atoms with Crippen LogP contribution in [0.5, 0.6) is 0 Å². The average molecular weight is 301 g/mol. The van der Waals surface area contributed by atoms with Crippen LogP contribution in [0.1, 0.15) is 45.0 Å². The maximum absolute atomic E-state index is 6.17. The van der Waals surface area contributed by atoms with E-state index in [-0.39, 0.29) is 18.3 Å². The molecule has 1 saturated carbocycles. The first-order valence-corrected chi connectivity index (χ1v) is 8.40. The van der Waals surface area contributed by atoms with E-state index in [0.717, 1.165) is 11.9 Å². The summed E-state index contributed by atoms with van der Waals surface area (Å²) in [5.41, 5.74) is 0.633. The van der Waals surface area contributed by atoms with Gasteiger partial charge in [0.05, 0.1) is 26.4 Å². The Morgan fingerprint density at radius 2 is 1.81 bits per heavy atom. The quantitative estimate of drug-likeness (QED) is 0.777. The lowest BCUT2D eigenvalue weighted by molar-refractivity contribution is 0.00578. The minimum Gasteiger partial charge on any atom is -0.403 e. The highest BCUT2D eigenvalue weighted by molar-refractivity contribution is 7.18. The van der Waals surface area contributed by atoms with Gasteiger partial charge in [0.1, 0.15) is 0 Å². The number of rotatable bonds is 2. The van der Waals surface area contributed by atoms with Crippen molar-refractivity contribution >= 4 is 28.7 Å². The number of fused-ring (bicyclic) bond motifs is 1. The molecule has 1 saturated heterocycles. The first kappa shape index (κ1) is 13.7. The SMILES string of the molecule is CC1(C)OB([C@H]2C[C@H]2c2nc3ccccc3s2)OC1(C)C. The highest BCUT2D eigenvalue weighted by Gasteiger charge is 2.60. The molecule has 2 atom stereocenters. The van der Waals surface area contributed by atoms with Gasteiger partial charge >= 0.3 is 7.12 Å². The van der Waals surface area contributed by atoms with Crippen LogP contribution in [-0.4, -0.2) is 23.3 Å². The van der Waals surface area contributed by atoms with Crippen molar-refractivity contribution < 1.29 is 9.31 Å². The first-order valence-electron chi connectivity index (χ1n) is 7.58. The third-order valence-electron chi connectivity index (χ3n) is 5.09. The number of para-hydroxylation sites is 1. The van der Waals surface area contributed by atoms with E-state index in [1.165, 1.54) is 9.71 Å². The molecule has 110 valence electrons. The predicted octanol–water partition coefficient (Wildman–Crippen LogP) is 4.25. The smallest absolute Gasteiger partial charge is 0.403 e. The second-order valence-corrected chi connectivity index (χ2v) is 8.21. The Hall–Kier alpha value is -0.905. The summed E-state index contributed by atoms with van der Waals surface area (Å²) in [6.07, 6.45) is 1.12. The Labute approximate surface area is 129 Å². The maximum Gasteiger partial charge on any atom is 0.461 e. The first-order chi connectivity index (χ1) is 9.87. The van der Waals surface area contributed by atoms with Gasteiger partial charge in [0.15, 0.2) is 0 Å². The second kappa shape index (κ2) is 4.31. The van der Waals surface area contributed by atoms with Gasteiger partial charge in [-0.05, 0) is 46.2 Å². The lowest BCUT2D eigenvalue weighted by Gasteiger charge is -2.32. The highest BCUT2D eigenvalue weighted by Crippen LogP contribution is 2.59. The van der Waals surface area contributed by atoms with Gasteiger partial charge in [-0.2, -0.15) is 0 Å². The van der Waals surface area contributed by atoms with E-state index in [1.54, 1.807) is 0 Å². The zero-order valence-corrected chi connectivity index (χ0v) is 13.7. The summed E-state index contributed by atoms with van der Waals surface area (Å²) in [4.78, 5) is 4.78. The van der Waals surface area contributed by atoms with E-state index in [1.807, 2.05) is 17.4 Å². The number of thiazole rings is 1.